The summed E-state index contributed by atoms with van der Waals surface area (Å²) in [6.07, 6.45) is 0.0146. The van der Waals surface area contributed by atoms with E-state index < -0.39 is 5.97 Å². The zero-order chi connectivity index (χ0) is 12.3. The molecule has 1 aromatic rings. The van der Waals surface area contributed by atoms with E-state index in [1.807, 2.05) is 0 Å². The fourth-order valence-corrected chi connectivity index (χ4v) is 1.57. The molecular formula is C12H16FNO2. The lowest BCUT2D eigenvalue weighted by atomic mass is 9.97. The van der Waals surface area contributed by atoms with Crippen molar-refractivity contribution >= 4 is 11.7 Å². The number of aliphatic carboxylic acids is 1. The Hall–Kier alpha value is -1.58. The van der Waals surface area contributed by atoms with Gasteiger partial charge in [0.15, 0.2) is 0 Å². The Balaban J connectivity index is 2.92. The summed E-state index contributed by atoms with van der Waals surface area (Å²) in [7, 11) is 3.53. The number of nitrogens with zero attached hydrogens (tertiary/aromatic N) is 1. The molecule has 0 radical (unpaired) electrons. The first-order valence-corrected chi connectivity index (χ1v) is 5.10. The van der Waals surface area contributed by atoms with Crippen LogP contribution < -0.4 is 4.90 Å². The van der Waals surface area contributed by atoms with E-state index in [0.717, 1.165) is 0 Å². The third kappa shape index (κ3) is 2.95. The molecule has 0 amide bonds. The summed E-state index contributed by atoms with van der Waals surface area (Å²) in [6.45, 7) is 1.78. The van der Waals surface area contributed by atoms with Gasteiger partial charge in [0, 0.05) is 14.1 Å². The zero-order valence-electron chi connectivity index (χ0n) is 9.70. The predicted molar refractivity (Wildman–Crippen MR) is 61.4 cm³/mol. The van der Waals surface area contributed by atoms with Gasteiger partial charge in [0.2, 0.25) is 0 Å². The number of hydrogen-bond acceptors (Lipinski definition) is 2. The SMILES string of the molecule is CC(CC(=O)O)c1ccc(N(C)C)c(F)c1. The molecule has 0 saturated heterocycles. The third-order valence-corrected chi connectivity index (χ3v) is 2.50. The molecule has 3 nitrogen and oxygen atoms in total. The maximum absolute atomic E-state index is 13.6. The van der Waals surface area contributed by atoms with Crippen LogP contribution in [0.15, 0.2) is 18.2 Å². The average molecular weight is 225 g/mol. The quantitative estimate of drug-likeness (QED) is 0.855. The van der Waals surface area contributed by atoms with Gasteiger partial charge in [-0.2, -0.15) is 0 Å². The summed E-state index contributed by atoms with van der Waals surface area (Å²) >= 11 is 0. The van der Waals surface area contributed by atoms with Crippen LogP contribution in [0.3, 0.4) is 0 Å². The van der Waals surface area contributed by atoms with E-state index in [1.165, 1.54) is 6.07 Å². The van der Waals surface area contributed by atoms with E-state index in [9.17, 15) is 9.18 Å². The minimum Gasteiger partial charge on any atom is -0.481 e. The standard InChI is InChI=1S/C12H16FNO2/c1-8(6-12(15)16)9-4-5-11(14(2)3)10(13)7-9/h4-5,7-8H,6H2,1-3H3,(H,15,16). The van der Waals surface area contributed by atoms with Crippen molar-refractivity contribution in [1.82, 2.24) is 0 Å². The topological polar surface area (TPSA) is 40.5 Å². The fraction of sp³-hybridized carbons (Fsp3) is 0.417. The maximum Gasteiger partial charge on any atom is 0.303 e. The van der Waals surface area contributed by atoms with Crippen molar-refractivity contribution in [3.05, 3.63) is 29.6 Å². The predicted octanol–water partition coefficient (Wildman–Crippen LogP) is 2.47. The number of carboxylic acids is 1. The molecule has 4 heteroatoms. The molecule has 1 unspecified atom stereocenters. The van der Waals surface area contributed by atoms with Crippen LogP contribution in [-0.4, -0.2) is 25.2 Å². The van der Waals surface area contributed by atoms with Gasteiger partial charge in [0.05, 0.1) is 12.1 Å². The van der Waals surface area contributed by atoms with Crippen LogP contribution in [0, 0.1) is 5.82 Å². The molecule has 1 rings (SSSR count). The Morgan fingerprint density at radius 2 is 2.12 bits per heavy atom. The van der Waals surface area contributed by atoms with Crippen LogP contribution in [0.4, 0.5) is 10.1 Å². The first-order valence-electron chi connectivity index (χ1n) is 5.10. The number of rotatable bonds is 4. The molecule has 0 aliphatic heterocycles. The van der Waals surface area contributed by atoms with Crippen LogP contribution in [0.2, 0.25) is 0 Å². The van der Waals surface area contributed by atoms with Crippen LogP contribution in [0.1, 0.15) is 24.8 Å². The Bertz CT molecular complexity index is 391. The second-order valence-electron chi connectivity index (χ2n) is 4.10. The van der Waals surface area contributed by atoms with Gasteiger partial charge in [-0.1, -0.05) is 13.0 Å². The van der Waals surface area contributed by atoms with Crippen molar-refractivity contribution in [2.24, 2.45) is 0 Å². The second kappa shape index (κ2) is 4.96. The molecule has 1 N–H and O–H groups in total. The lowest BCUT2D eigenvalue weighted by Crippen LogP contribution is -2.11. The summed E-state index contributed by atoms with van der Waals surface area (Å²) in [6, 6.07) is 4.85. The Morgan fingerprint density at radius 1 is 1.50 bits per heavy atom. The minimum absolute atomic E-state index is 0.0146. The Morgan fingerprint density at radius 3 is 2.56 bits per heavy atom. The molecule has 0 aliphatic rings. The molecule has 1 aromatic carbocycles. The second-order valence-corrected chi connectivity index (χ2v) is 4.10. The van der Waals surface area contributed by atoms with Crippen molar-refractivity contribution in [2.45, 2.75) is 19.3 Å². The van der Waals surface area contributed by atoms with Crippen molar-refractivity contribution in [1.29, 1.82) is 0 Å². The number of carbonyl (C=O) groups is 1. The zero-order valence-corrected chi connectivity index (χ0v) is 9.70. The van der Waals surface area contributed by atoms with Crippen molar-refractivity contribution < 1.29 is 14.3 Å². The normalized spacial score (nSPS) is 12.2. The van der Waals surface area contributed by atoms with Crippen molar-refractivity contribution in [3.8, 4) is 0 Å². The molecule has 0 spiro atoms. The number of anilines is 1. The number of hydrogen-bond donors (Lipinski definition) is 1. The minimum atomic E-state index is -0.871. The maximum atomic E-state index is 13.6. The number of carboxylic acid groups (broad SMARTS) is 1. The van der Waals surface area contributed by atoms with Crippen LogP contribution in [0.5, 0.6) is 0 Å². The highest BCUT2D eigenvalue weighted by Crippen LogP contribution is 2.24. The number of benzene rings is 1. The summed E-state index contributed by atoms with van der Waals surface area (Å²) in [5, 5.41) is 8.66. The highest BCUT2D eigenvalue weighted by molar-refractivity contribution is 5.68. The molecule has 0 aliphatic carbocycles. The summed E-state index contributed by atoms with van der Waals surface area (Å²) in [5.41, 5.74) is 1.22. The van der Waals surface area contributed by atoms with Gasteiger partial charge < -0.3 is 10.0 Å². The third-order valence-electron chi connectivity index (χ3n) is 2.50. The van der Waals surface area contributed by atoms with Crippen molar-refractivity contribution in [2.75, 3.05) is 19.0 Å². The molecule has 88 valence electrons. The fourth-order valence-electron chi connectivity index (χ4n) is 1.57. The van der Waals surface area contributed by atoms with Gasteiger partial charge in [-0.25, -0.2) is 4.39 Å². The van der Waals surface area contributed by atoms with Gasteiger partial charge in [-0.05, 0) is 23.6 Å². The largest absolute Gasteiger partial charge is 0.481 e. The highest BCUT2D eigenvalue weighted by Gasteiger charge is 2.13. The highest BCUT2D eigenvalue weighted by atomic mass is 19.1. The molecule has 16 heavy (non-hydrogen) atoms. The van der Waals surface area contributed by atoms with E-state index in [4.69, 9.17) is 5.11 Å². The summed E-state index contributed by atoms with van der Waals surface area (Å²) in [5.74, 6) is -1.37. The Kier molecular flexibility index (Phi) is 3.88. The van der Waals surface area contributed by atoms with E-state index >= 15 is 0 Å². The first kappa shape index (κ1) is 12.5. The van der Waals surface area contributed by atoms with Gasteiger partial charge in [-0.15, -0.1) is 0 Å². The molecule has 0 saturated carbocycles. The summed E-state index contributed by atoms with van der Waals surface area (Å²) < 4.78 is 13.6. The Labute approximate surface area is 94.5 Å². The van der Waals surface area contributed by atoms with E-state index in [1.54, 1.807) is 38.1 Å². The molecule has 1 atom stereocenters. The van der Waals surface area contributed by atoms with Crippen LogP contribution in [0.25, 0.3) is 0 Å². The van der Waals surface area contributed by atoms with E-state index in [2.05, 4.69) is 0 Å². The smallest absolute Gasteiger partial charge is 0.303 e. The molecular weight excluding hydrogens is 209 g/mol. The van der Waals surface area contributed by atoms with Gasteiger partial charge >= 0.3 is 5.97 Å². The first-order chi connectivity index (χ1) is 7.41. The average Bonchev–Trinajstić information content (AvgIpc) is 2.15. The van der Waals surface area contributed by atoms with E-state index in [0.29, 0.717) is 11.3 Å². The van der Waals surface area contributed by atoms with Gasteiger partial charge in [0.1, 0.15) is 5.82 Å². The number of halogens is 1. The van der Waals surface area contributed by atoms with Crippen LogP contribution >= 0.6 is 0 Å². The lowest BCUT2D eigenvalue weighted by molar-refractivity contribution is -0.137. The van der Waals surface area contributed by atoms with Gasteiger partial charge in [-0.3, -0.25) is 4.79 Å². The molecule has 0 fully saturated rings. The molecule has 0 bridgehead atoms. The van der Waals surface area contributed by atoms with E-state index in [-0.39, 0.29) is 18.2 Å². The summed E-state index contributed by atoms with van der Waals surface area (Å²) in [4.78, 5) is 12.2. The molecule has 0 heterocycles. The lowest BCUT2D eigenvalue weighted by Gasteiger charge is -2.16. The molecule has 0 aromatic heterocycles. The van der Waals surface area contributed by atoms with Crippen molar-refractivity contribution in [3.63, 3.8) is 0 Å². The van der Waals surface area contributed by atoms with Crippen LogP contribution in [-0.2, 0) is 4.79 Å². The van der Waals surface area contributed by atoms with Gasteiger partial charge in [0.25, 0.3) is 0 Å². The monoisotopic (exact) mass is 225 g/mol.